The molecule has 1 saturated heterocycles. The van der Waals surface area contributed by atoms with Crippen molar-refractivity contribution in [2.75, 3.05) is 23.7 Å². The standard InChI is InChI=1S/C14H23N3S/c1-11(2)16-9-13-8-14(4-5-15-13)17-6-7-18-12(3)10-17/h4-5,8,11-12,16H,6-7,9-10H2,1-3H3. The fraction of sp³-hybridized carbons (Fsp3) is 0.643. The maximum absolute atomic E-state index is 4.43. The molecule has 1 fully saturated rings. The van der Waals surface area contributed by atoms with Crippen LogP contribution in [0.1, 0.15) is 26.5 Å². The fourth-order valence-electron chi connectivity index (χ4n) is 2.12. The second-order valence-corrected chi connectivity index (χ2v) is 6.71. The Morgan fingerprint density at radius 2 is 2.39 bits per heavy atom. The highest BCUT2D eigenvalue weighted by atomic mass is 32.2. The van der Waals surface area contributed by atoms with Crippen molar-refractivity contribution in [3.05, 3.63) is 24.0 Å². The number of hydrogen-bond acceptors (Lipinski definition) is 4. The summed E-state index contributed by atoms with van der Waals surface area (Å²) in [6, 6.07) is 4.85. The summed E-state index contributed by atoms with van der Waals surface area (Å²) >= 11 is 2.07. The highest BCUT2D eigenvalue weighted by Crippen LogP contribution is 2.23. The Hall–Kier alpha value is -0.740. The second kappa shape index (κ2) is 6.43. The van der Waals surface area contributed by atoms with Crippen molar-refractivity contribution in [2.24, 2.45) is 0 Å². The fourth-order valence-corrected chi connectivity index (χ4v) is 3.13. The predicted molar refractivity (Wildman–Crippen MR) is 80.3 cm³/mol. The first kappa shape index (κ1) is 13.7. The number of hydrogen-bond donors (Lipinski definition) is 1. The first-order valence-corrected chi connectivity index (χ1v) is 7.75. The average molecular weight is 265 g/mol. The summed E-state index contributed by atoms with van der Waals surface area (Å²) in [6.45, 7) is 9.77. The summed E-state index contributed by atoms with van der Waals surface area (Å²) in [7, 11) is 0. The first-order chi connectivity index (χ1) is 8.65. The van der Waals surface area contributed by atoms with E-state index in [1.807, 2.05) is 6.20 Å². The molecular weight excluding hydrogens is 242 g/mol. The molecule has 1 aromatic rings. The molecular formula is C14H23N3S. The zero-order valence-corrected chi connectivity index (χ0v) is 12.3. The van der Waals surface area contributed by atoms with Gasteiger partial charge in [-0.3, -0.25) is 4.98 Å². The van der Waals surface area contributed by atoms with Crippen LogP contribution in [0.3, 0.4) is 0 Å². The van der Waals surface area contributed by atoms with E-state index in [1.54, 1.807) is 0 Å². The van der Waals surface area contributed by atoms with Gasteiger partial charge in [0, 0.05) is 48.6 Å². The van der Waals surface area contributed by atoms with Gasteiger partial charge in [-0.1, -0.05) is 20.8 Å². The smallest absolute Gasteiger partial charge is 0.0562 e. The largest absolute Gasteiger partial charge is 0.370 e. The third kappa shape index (κ3) is 3.89. The minimum absolute atomic E-state index is 0.502. The molecule has 0 aliphatic carbocycles. The molecule has 0 amide bonds. The molecule has 1 atom stereocenters. The summed E-state index contributed by atoms with van der Waals surface area (Å²) in [5.41, 5.74) is 2.45. The Bertz CT molecular complexity index is 381. The molecule has 3 nitrogen and oxygen atoms in total. The molecule has 100 valence electrons. The Morgan fingerprint density at radius 3 is 3.11 bits per heavy atom. The van der Waals surface area contributed by atoms with E-state index in [1.165, 1.54) is 11.4 Å². The minimum Gasteiger partial charge on any atom is -0.370 e. The summed E-state index contributed by atoms with van der Waals surface area (Å²) in [5, 5.41) is 4.14. The lowest BCUT2D eigenvalue weighted by molar-refractivity contribution is 0.581. The van der Waals surface area contributed by atoms with Crippen molar-refractivity contribution in [1.82, 2.24) is 10.3 Å². The van der Waals surface area contributed by atoms with Crippen LogP contribution >= 0.6 is 11.8 Å². The SMILES string of the molecule is CC(C)NCc1cc(N2CCSC(C)C2)ccn1. The third-order valence-corrected chi connectivity index (χ3v) is 4.23. The lowest BCUT2D eigenvalue weighted by Crippen LogP contribution is -2.36. The van der Waals surface area contributed by atoms with E-state index in [0.717, 1.165) is 30.6 Å². The van der Waals surface area contributed by atoms with E-state index in [9.17, 15) is 0 Å². The second-order valence-electron chi connectivity index (χ2n) is 5.17. The minimum atomic E-state index is 0.502. The number of anilines is 1. The Kier molecular flexibility index (Phi) is 4.89. The molecule has 1 aromatic heterocycles. The van der Waals surface area contributed by atoms with Gasteiger partial charge in [0.2, 0.25) is 0 Å². The molecule has 0 radical (unpaired) electrons. The molecule has 0 spiro atoms. The molecule has 0 aromatic carbocycles. The summed E-state index contributed by atoms with van der Waals surface area (Å²) in [4.78, 5) is 6.90. The molecule has 0 bridgehead atoms. The van der Waals surface area contributed by atoms with Crippen molar-refractivity contribution in [2.45, 2.75) is 38.6 Å². The van der Waals surface area contributed by atoms with Crippen LogP contribution in [0.2, 0.25) is 0 Å². The van der Waals surface area contributed by atoms with Crippen molar-refractivity contribution in [3.63, 3.8) is 0 Å². The monoisotopic (exact) mass is 265 g/mol. The van der Waals surface area contributed by atoms with Gasteiger partial charge in [-0.15, -0.1) is 0 Å². The van der Waals surface area contributed by atoms with E-state index < -0.39 is 0 Å². The normalized spacial score (nSPS) is 20.4. The molecule has 2 heterocycles. The highest BCUT2D eigenvalue weighted by molar-refractivity contribution is 8.00. The summed E-state index contributed by atoms with van der Waals surface area (Å²) in [6.07, 6.45) is 1.93. The quantitative estimate of drug-likeness (QED) is 0.905. The van der Waals surface area contributed by atoms with Gasteiger partial charge in [0.25, 0.3) is 0 Å². The number of rotatable bonds is 4. The Labute approximate surface area is 114 Å². The van der Waals surface area contributed by atoms with Crippen molar-refractivity contribution in [3.8, 4) is 0 Å². The van der Waals surface area contributed by atoms with Gasteiger partial charge in [-0.05, 0) is 12.1 Å². The molecule has 1 aliphatic heterocycles. The molecule has 1 aliphatic rings. The highest BCUT2D eigenvalue weighted by Gasteiger charge is 2.17. The van der Waals surface area contributed by atoms with Gasteiger partial charge in [0.15, 0.2) is 0 Å². The number of thioether (sulfide) groups is 1. The van der Waals surface area contributed by atoms with Gasteiger partial charge >= 0.3 is 0 Å². The van der Waals surface area contributed by atoms with Crippen LogP contribution < -0.4 is 10.2 Å². The number of nitrogens with one attached hydrogen (secondary N) is 1. The Morgan fingerprint density at radius 1 is 1.56 bits per heavy atom. The van der Waals surface area contributed by atoms with Gasteiger partial charge in [0.1, 0.15) is 0 Å². The zero-order chi connectivity index (χ0) is 13.0. The topological polar surface area (TPSA) is 28.2 Å². The molecule has 18 heavy (non-hydrogen) atoms. The van der Waals surface area contributed by atoms with Crippen molar-refractivity contribution in [1.29, 1.82) is 0 Å². The zero-order valence-electron chi connectivity index (χ0n) is 11.5. The predicted octanol–water partition coefficient (Wildman–Crippen LogP) is 2.52. The molecule has 4 heteroatoms. The van der Waals surface area contributed by atoms with Gasteiger partial charge in [0.05, 0.1) is 5.69 Å². The van der Waals surface area contributed by atoms with Gasteiger partial charge in [-0.2, -0.15) is 11.8 Å². The van der Waals surface area contributed by atoms with Gasteiger partial charge < -0.3 is 10.2 Å². The maximum atomic E-state index is 4.43. The van der Waals surface area contributed by atoms with Crippen LogP contribution in [0.25, 0.3) is 0 Å². The van der Waals surface area contributed by atoms with Crippen LogP contribution in [-0.2, 0) is 6.54 Å². The molecule has 0 saturated carbocycles. The van der Waals surface area contributed by atoms with E-state index >= 15 is 0 Å². The molecule has 1 unspecified atom stereocenters. The van der Waals surface area contributed by atoms with E-state index in [4.69, 9.17) is 0 Å². The number of pyridine rings is 1. The summed E-state index contributed by atoms with van der Waals surface area (Å²) < 4.78 is 0. The average Bonchev–Trinajstić information content (AvgIpc) is 2.37. The number of aromatic nitrogens is 1. The van der Waals surface area contributed by atoms with Crippen molar-refractivity contribution >= 4 is 17.4 Å². The lowest BCUT2D eigenvalue weighted by atomic mass is 10.2. The van der Waals surface area contributed by atoms with Crippen LogP contribution in [0.5, 0.6) is 0 Å². The summed E-state index contributed by atoms with van der Waals surface area (Å²) in [5.74, 6) is 1.23. The number of nitrogens with zero attached hydrogens (tertiary/aromatic N) is 2. The van der Waals surface area contributed by atoms with E-state index in [-0.39, 0.29) is 0 Å². The van der Waals surface area contributed by atoms with E-state index in [0.29, 0.717) is 6.04 Å². The Balaban J connectivity index is 2.02. The maximum Gasteiger partial charge on any atom is 0.0562 e. The lowest BCUT2D eigenvalue weighted by Gasteiger charge is -2.32. The third-order valence-electron chi connectivity index (χ3n) is 3.10. The van der Waals surface area contributed by atoms with Crippen LogP contribution in [0, 0.1) is 0 Å². The van der Waals surface area contributed by atoms with Crippen LogP contribution in [0.4, 0.5) is 5.69 Å². The van der Waals surface area contributed by atoms with Crippen LogP contribution in [0.15, 0.2) is 18.3 Å². The molecule has 2 rings (SSSR count). The van der Waals surface area contributed by atoms with E-state index in [2.05, 4.69) is 59.9 Å². The van der Waals surface area contributed by atoms with Gasteiger partial charge in [-0.25, -0.2) is 0 Å². The molecule has 1 N–H and O–H groups in total. The first-order valence-electron chi connectivity index (χ1n) is 6.70. The van der Waals surface area contributed by atoms with Crippen LogP contribution in [-0.4, -0.2) is 35.1 Å². The van der Waals surface area contributed by atoms with Crippen molar-refractivity contribution < 1.29 is 0 Å².